The van der Waals surface area contributed by atoms with Gasteiger partial charge >= 0.3 is 0 Å². The van der Waals surface area contributed by atoms with Gasteiger partial charge in [-0.15, -0.1) is 0 Å². The molecule has 1 aliphatic rings. The van der Waals surface area contributed by atoms with Crippen molar-refractivity contribution in [3.63, 3.8) is 0 Å². The van der Waals surface area contributed by atoms with E-state index >= 15 is 0 Å². The lowest BCUT2D eigenvalue weighted by Crippen LogP contribution is -2.47. The van der Waals surface area contributed by atoms with Crippen molar-refractivity contribution in [3.8, 4) is 0 Å². The SMILES string of the molecule is CNC(=O)C(C)(C)CNC1CCC(C)CC1C. The van der Waals surface area contributed by atoms with Crippen molar-refractivity contribution in [2.24, 2.45) is 17.3 Å². The predicted octanol–water partition coefficient (Wildman–Crippen LogP) is 2.17. The van der Waals surface area contributed by atoms with Crippen molar-refractivity contribution in [1.82, 2.24) is 10.6 Å². The van der Waals surface area contributed by atoms with Crippen molar-refractivity contribution in [2.75, 3.05) is 13.6 Å². The molecule has 0 aromatic carbocycles. The Bertz CT molecular complexity index is 263. The Labute approximate surface area is 106 Å². The molecule has 100 valence electrons. The zero-order valence-corrected chi connectivity index (χ0v) is 12.0. The molecule has 3 atom stereocenters. The van der Waals surface area contributed by atoms with Crippen LogP contribution in [0.5, 0.6) is 0 Å². The summed E-state index contributed by atoms with van der Waals surface area (Å²) in [4.78, 5) is 11.7. The van der Waals surface area contributed by atoms with Gasteiger partial charge in [-0.2, -0.15) is 0 Å². The van der Waals surface area contributed by atoms with E-state index in [1.165, 1.54) is 19.3 Å². The van der Waals surface area contributed by atoms with Gasteiger partial charge < -0.3 is 10.6 Å². The molecule has 0 aromatic heterocycles. The van der Waals surface area contributed by atoms with E-state index in [1.807, 2.05) is 13.8 Å². The minimum absolute atomic E-state index is 0.113. The zero-order valence-electron chi connectivity index (χ0n) is 12.0. The maximum absolute atomic E-state index is 11.7. The molecular weight excluding hydrogens is 212 g/mol. The summed E-state index contributed by atoms with van der Waals surface area (Å²) in [6.45, 7) is 9.40. The minimum atomic E-state index is -0.322. The quantitative estimate of drug-likeness (QED) is 0.791. The van der Waals surface area contributed by atoms with Crippen LogP contribution in [0.15, 0.2) is 0 Å². The molecule has 3 nitrogen and oxygen atoms in total. The molecule has 1 amide bonds. The fraction of sp³-hybridized carbons (Fsp3) is 0.929. The van der Waals surface area contributed by atoms with E-state index in [0.29, 0.717) is 6.04 Å². The third-order valence-corrected chi connectivity index (χ3v) is 4.08. The van der Waals surface area contributed by atoms with E-state index in [-0.39, 0.29) is 11.3 Å². The third-order valence-electron chi connectivity index (χ3n) is 4.08. The summed E-state index contributed by atoms with van der Waals surface area (Å²) in [5.41, 5.74) is -0.322. The largest absolute Gasteiger partial charge is 0.359 e. The van der Waals surface area contributed by atoms with E-state index in [4.69, 9.17) is 0 Å². The van der Waals surface area contributed by atoms with Gasteiger partial charge in [0.25, 0.3) is 0 Å². The van der Waals surface area contributed by atoms with Gasteiger partial charge in [-0.3, -0.25) is 4.79 Å². The minimum Gasteiger partial charge on any atom is -0.359 e. The van der Waals surface area contributed by atoms with Gasteiger partial charge in [-0.05, 0) is 44.9 Å². The van der Waals surface area contributed by atoms with Crippen LogP contribution in [-0.4, -0.2) is 25.5 Å². The highest BCUT2D eigenvalue weighted by atomic mass is 16.2. The van der Waals surface area contributed by atoms with Gasteiger partial charge in [0.2, 0.25) is 5.91 Å². The van der Waals surface area contributed by atoms with Crippen LogP contribution < -0.4 is 10.6 Å². The number of carbonyl (C=O) groups excluding carboxylic acids is 1. The molecule has 0 bridgehead atoms. The Kier molecular flexibility index (Phi) is 4.99. The zero-order chi connectivity index (χ0) is 13.1. The fourth-order valence-corrected chi connectivity index (χ4v) is 2.77. The van der Waals surface area contributed by atoms with Crippen LogP contribution in [0.4, 0.5) is 0 Å². The van der Waals surface area contributed by atoms with Crippen molar-refractivity contribution in [1.29, 1.82) is 0 Å². The first-order valence-corrected chi connectivity index (χ1v) is 6.82. The first-order chi connectivity index (χ1) is 7.86. The molecule has 1 fully saturated rings. The highest BCUT2D eigenvalue weighted by molar-refractivity contribution is 5.81. The molecule has 1 rings (SSSR count). The van der Waals surface area contributed by atoms with Gasteiger partial charge in [0.15, 0.2) is 0 Å². The molecule has 3 heteroatoms. The topological polar surface area (TPSA) is 41.1 Å². The molecule has 3 unspecified atom stereocenters. The number of hydrogen-bond donors (Lipinski definition) is 2. The average molecular weight is 240 g/mol. The molecule has 17 heavy (non-hydrogen) atoms. The number of amides is 1. The average Bonchev–Trinajstić information content (AvgIpc) is 2.26. The third kappa shape index (κ3) is 3.98. The molecule has 0 saturated heterocycles. The highest BCUT2D eigenvalue weighted by Gasteiger charge is 2.30. The van der Waals surface area contributed by atoms with E-state index in [2.05, 4.69) is 24.5 Å². The van der Waals surface area contributed by atoms with E-state index in [9.17, 15) is 4.79 Å². The summed E-state index contributed by atoms with van der Waals surface area (Å²) in [7, 11) is 1.70. The Morgan fingerprint density at radius 1 is 1.29 bits per heavy atom. The molecule has 2 N–H and O–H groups in total. The molecule has 0 spiro atoms. The summed E-state index contributed by atoms with van der Waals surface area (Å²) in [5, 5.41) is 6.32. The smallest absolute Gasteiger partial charge is 0.226 e. The molecule has 0 aliphatic heterocycles. The first kappa shape index (κ1) is 14.5. The molecule has 1 saturated carbocycles. The standard InChI is InChI=1S/C14H28N2O/c1-10-6-7-12(11(2)8-10)16-9-14(3,4)13(17)15-5/h10-12,16H,6-9H2,1-5H3,(H,15,17). The Balaban J connectivity index is 2.42. The molecule has 0 aromatic rings. The van der Waals surface area contributed by atoms with E-state index < -0.39 is 0 Å². The maximum Gasteiger partial charge on any atom is 0.226 e. The van der Waals surface area contributed by atoms with Gasteiger partial charge in [0.1, 0.15) is 0 Å². The lowest BCUT2D eigenvalue weighted by atomic mass is 9.79. The summed E-state index contributed by atoms with van der Waals surface area (Å²) in [5.74, 6) is 1.69. The van der Waals surface area contributed by atoms with Crippen LogP contribution >= 0.6 is 0 Å². The van der Waals surface area contributed by atoms with Crippen LogP contribution in [0.3, 0.4) is 0 Å². The van der Waals surface area contributed by atoms with E-state index in [1.54, 1.807) is 7.05 Å². The fourth-order valence-electron chi connectivity index (χ4n) is 2.77. The van der Waals surface area contributed by atoms with Crippen LogP contribution in [0, 0.1) is 17.3 Å². The maximum atomic E-state index is 11.7. The van der Waals surface area contributed by atoms with Gasteiger partial charge in [-0.25, -0.2) is 0 Å². The number of carbonyl (C=O) groups is 1. The second-order valence-electron chi connectivity index (χ2n) is 6.35. The predicted molar refractivity (Wildman–Crippen MR) is 71.8 cm³/mol. The van der Waals surface area contributed by atoms with Crippen molar-refractivity contribution in [3.05, 3.63) is 0 Å². The van der Waals surface area contributed by atoms with Crippen molar-refractivity contribution in [2.45, 2.75) is 53.0 Å². The van der Waals surface area contributed by atoms with Crippen LogP contribution in [0.1, 0.15) is 47.0 Å². The van der Waals surface area contributed by atoms with Gasteiger partial charge in [0.05, 0.1) is 5.41 Å². The molecule has 0 heterocycles. The second-order valence-corrected chi connectivity index (χ2v) is 6.35. The van der Waals surface area contributed by atoms with E-state index in [0.717, 1.165) is 18.4 Å². The summed E-state index contributed by atoms with van der Waals surface area (Å²) < 4.78 is 0. The first-order valence-electron chi connectivity index (χ1n) is 6.82. The highest BCUT2D eigenvalue weighted by Crippen LogP contribution is 2.29. The number of nitrogens with one attached hydrogen (secondary N) is 2. The lowest BCUT2D eigenvalue weighted by Gasteiger charge is -2.35. The van der Waals surface area contributed by atoms with Crippen molar-refractivity contribution < 1.29 is 4.79 Å². The van der Waals surface area contributed by atoms with Gasteiger partial charge in [-0.1, -0.05) is 13.8 Å². The Hall–Kier alpha value is -0.570. The monoisotopic (exact) mass is 240 g/mol. The van der Waals surface area contributed by atoms with Crippen LogP contribution in [0.2, 0.25) is 0 Å². The summed E-state index contributed by atoms with van der Waals surface area (Å²) >= 11 is 0. The van der Waals surface area contributed by atoms with Crippen molar-refractivity contribution >= 4 is 5.91 Å². The second kappa shape index (κ2) is 5.85. The van der Waals surface area contributed by atoms with Gasteiger partial charge in [0, 0.05) is 19.6 Å². The lowest BCUT2D eigenvalue weighted by molar-refractivity contribution is -0.128. The van der Waals surface area contributed by atoms with Crippen LogP contribution in [-0.2, 0) is 4.79 Å². The molecule has 0 radical (unpaired) electrons. The number of rotatable bonds is 4. The number of hydrogen-bond acceptors (Lipinski definition) is 2. The normalized spacial score (nSPS) is 30.1. The molecule has 1 aliphatic carbocycles. The Morgan fingerprint density at radius 3 is 2.47 bits per heavy atom. The summed E-state index contributed by atoms with van der Waals surface area (Å²) in [6, 6.07) is 0.579. The Morgan fingerprint density at radius 2 is 1.94 bits per heavy atom. The molecular formula is C14H28N2O. The van der Waals surface area contributed by atoms with Crippen LogP contribution in [0.25, 0.3) is 0 Å². The summed E-state index contributed by atoms with van der Waals surface area (Å²) in [6.07, 6.45) is 3.85.